The Morgan fingerprint density at radius 1 is 1.40 bits per heavy atom. The third kappa shape index (κ3) is 4.79. The van der Waals surface area contributed by atoms with Crippen LogP contribution in [0, 0.1) is 11.7 Å². The van der Waals surface area contributed by atoms with E-state index in [4.69, 9.17) is 16.7 Å². The molecule has 0 saturated carbocycles. The van der Waals surface area contributed by atoms with E-state index in [1.807, 2.05) is 0 Å². The van der Waals surface area contributed by atoms with Crippen molar-refractivity contribution in [2.24, 2.45) is 5.92 Å². The Kier molecular flexibility index (Phi) is 6.41. The fraction of sp³-hybridized carbons (Fsp3) is 0.385. The van der Waals surface area contributed by atoms with E-state index in [2.05, 4.69) is 10.6 Å². The van der Waals surface area contributed by atoms with Gasteiger partial charge in [-0.3, -0.25) is 9.59 Å². The van der Waals surface area contributed by atoms with Crippen LogP contribution < -0.4 is 10.6 Å². The molecular weight excluding hydrogens is 287 g/mol. The zero-order valence-corrected chi connectivity index (χ0v) is 11.7. The van der Waals surface area contributed by atoms with Crippen LogP contribution in [-0.2, 0) is 4.79 Å². The van der Waals surface area contributed by atoms with Crippen molar-refractivity contribution in [3.05, 3.63) is 34.6 Å². The number of nitrogens with one attached hydrogen (secondary N) is 2. The van der Waals surface area contributed by atoms with Crippen LogP contribution in [0.1, 0.15) is 17.3 Å². The summed E-state index contributed by atoms with van der Waals surface area (Å²) in [6, 6.07) is 3.89. The SMILES string of the molecule is CC(CO)CNC(=O)CNC(=O)c1c(F)cccc1Cl. The minimum absolute atomic E-state index is 0.0168. The van der Waals surface area contributed by atoms with Gasteiger partial charge in [-0.1, -0.05) is 24.6 Å². The van der Waals surface area contributed by atoms with Crippen molar-refractivity contribution in [1.29, 1.82) is 0 Å². The molecule has 0 aliphatic carbocycles. The van der Waals surface area contributed by atoms with Crippen molar-refractivity contribution in [1.82, 2.24) is 10.6 Å². The number of aliphatic hydroxyl groups is 1. The average Bonchev–Trinajstić information content (AvgIpc) is 2.42. The van der Waals surface area contributed by atoms with Gasteiger partial charge in [0, 0.05) is 13.2 Å². The fourth-order valence-electron chi connectivity index (χ4n) is 1.38. The van der Waals surface area contributed by atoms with Gasteiger partial charge < -0.3 is 15.7 Å². The molecule has 3 N–H and O–H groups in total. The van der Waals surface area contributed by atoms with E-state index in [1.165, 1.54) is 12.1 Å². The third-order valence-corrected chi connectivity index (χ3v) is 2.87. The largest absolute Gasteiger partial charge is 0.396 e. The molecule has 1 atom stereocenters. The molecule has 2 amide bonds. The quantitative estimate of drug-likeness (QED) is 0.732. The fourth-order valence-corrected chi connectivity index (χ4v) is 1.63. The van der Waals surface area contributed by atoms with Crippen molar-refractivity contribution >= 4 is 23.4 Å². The van der Waals surface area contributed by atoms with Crippen LogP contribution in [0.4, 0.5) is 4.39 Å². The van der Waals surface area contributed by atoms with Crippen LogP contribution in [0.15, 0.2) is 18.2 Å². The normalized spacial score (nSPS) is 11.8. The summed E-state index contributed by atoms with van der Waals surface area (Å²) in [4.78, 5) is 23.2. The summed E-state index contributed by atoms with van der Waals surface area (Å²) in [6.07, 6.45) is 0. The number of amides is 2. The Labute approximate surface area is 121 Å². The summed E-state index contributed by atoms with van der Waals surface area (Å²) >= 11 is 5.73. The summed E-state index contributed by atoms with van der Waals surface area (Å²) in [5.74, 6) is -2.00. The third-order valence-electron chi connectivity index (χ3n) is 2.56. The molecule has 20 heavy (non-hydrogen) atoms. The van der Waals surface area contributed by atoms with Crippen molar-refractivity contribution in [3.63, 3.8) is 0 Å². The molecule has 1 aromatic rings. The second-order valence-electron chi connectivity index (χ2n) is 4.37. The van der Waals surface area contributed by atoms with Gasteiger partial charge in [-0.25, -0.2) is 4.39 Å². The van der Waals surface area contributed by atoms with Crippen LogP contribution in [0.2, 0.25) is 5.02 Å². The summed E-state index contributed by atoms with van der Waals surface area (Å²) < 4.78 is 13.5. The lowest BCUT2D eigenvalue weighted by Gasteiger charge is -2.11. The maximum atomic E-state index is 13.5. The molecule has 110 valence electrons. The van der Waals surface area contributed by atoms with Crippen molar-refractivity contribution in [3.8, 4) is 0 Å². The maximum Gasteiger partial charge on any atom is 0.256 e. The van der Waals surface area contributed by atoms with Crippen molar-refractivity contribution < 1.29 is 19.1 Å². The first-order chi connectivity index (χ1) is 9.45. The second-order valence-corrected chi connectivity index (χ2v) is 4.78. The van der Waals surface area contributed by atoms with Gasteiger partial charge in [0.2, 0.25) is 5.91 Å². The Hall–Kier alpha value is -1.66. The second kappa shape index (κ2) is 7.81. The Bertz CT molecular complexity index is 476. The topological polar surface area (TPSA) is 78.4 Å². The molecule has 5 nitrogen and oxygen atoms in total. The molecule has 0 aromatic heterocycles. The number of benzene rings is 1. The predicted molar refractivity (Wildman–Crippen MR) is 73.0 cm³/mol. The zero-order chi connectivity index (χ0) is 15.1. The maximum absolute atomic E-state index is 13.5. The highest BCUT2D eigenvalue weighted by Crippen LogP contribution is 2.18. The molecule has 0 bridgehead atoms. The minimum Gasteiger partial charge on any atom is -0.396 e. The average molecular weight is 303 g/mol. The molecule has 1 rings (SSSR count). The van der Waals surface area contributed by atoms with Crippen LogP contribution in [0.5, 0.6) is 0 Å². The number of aliphatic hydroxyl groups excluding tert-OH is 1. The lowest BCUT2D eigenvalue weighted by atomic mass is 10.2. The van der Waals surface area contributed by atoms with Gasteiger partial charge in [0.15, 0.2) is 0 Å². The van der Waals surface area contributed by atoms with Gasteiger partial charge in [-0.15, -0.1) is 0 Å². The van der Waals surface area contributed by atoms with Crippen molar-refractivity contribution in [2.45, 2.75) is 6.92 Å². The van der Waals surface area contributed by atoms with Crippen LogP contribution >= 0.6 is 11.6 Å². The number of hydrogen-bond donors (Lipinski definition) is 3. The van der Waals surface area contributed by atoms with Crippen LogP contribution in [0.3, 0.4) is 0 Å². The van der Waals surface area contributed by atoms with E-state index in [0.29, 0.717) is 6.54 Å². The Morgan fingerprint density at radius 2 is 2.10 bits per heavy atom. The highest BCUT2D eigenvalue weighted by Gasteiger charge is 2.16. The Morgan fingerprint density at radius 3 is 2.70 bits per heavy atom. The first-order valence-corrected chi connectivity index (χ1v) is 6.43. The van der Waals surface area contributed by atoms with E-state index in [-0.39, 0.29) is 29.7 Å². The summed E-state index contributed by atoms with van der Waals surface area (Å²) in [5.41, 5.74) is -0.286. The molecule has 0 aliphatic heterocycles. The number of hydrogen-bond acceptors (Lipinski definition) is 3. The standard InChI is InChI=1S/C13H16ClFN2O3/c1-8(7-18)5-16-11(19)6-17-13(20)12-9(14)3-2-4-10(12)15/h2-4,8,18H,5-7H2,1H3,(H,16,19)(H,17,20). The number of carbonyl (C=O) groups excluding carboxylic acids is 2. The van der Waals surface area contributed by atoms with Gasteiger partial charge in [0.25, 0.3) is 5.91 Å². The van der Waals surface area contributed by atoms with Crippen LogP contribution in [-0.4, -0.2) is 36.6 Å². The lowest BCUT2D eigenvalue weighted by Crippen LogP contribution is -2.39. The Balaban J connectivity index is 2.49. The minimum atomic E-state index is -0.751. The number of rotatable bonds is 6. The summed E-state index contributed by atoms with van der Waals surface area (Å²) in [6.45, 7) is 1.72. The number of halogens is 2. The highest BCUT2D eigenvalue weighted by molar-refractivity contribution is 6.33. The van der Waals surface area contributed by atoms with Crippen LogP contribution in [0.25, 0.3) is 0 Å². The molecule has 0 saturated heterocycles. The smallest absolute Gasteiger partial charge is 0.256 e. The molecule has 0 aliphatic rings. The summed E-state index contributed by atoms with van der Waals surface area (Å²) in [5, 5.41) is 13.6. The van der Waals surface area contributed by atoms with Gasteiger partial charge in [0.1, 0.15) is 5.82 Å². The van der Waals surface area contributed by atoms with Gasteiger partial charge >= 0.3 is 0 Å². The van der Waals surface area contributed by atoms with E-state index >= 15 is 0 Å². The first kappa shape index (κ1) is 16.4. The van der Waals surface area contributed by atoms with Gasteiger partial charge in [0.05, 0.1) is 17.1 Å². The lowest BCUT2D eigenvalue weighted by molar-refractivity contribution is -0.120. The molecule has 0 spiro atoms. The number of carbonyl (C=O) groups is 2. The highest BCUT2D eigenvalue weighted by atomic mass is 35.5. The molecule has 7 heteroatoms. The molecular formula is C13H16ClFN2O3. The van der Waals surface area contributed by atoms with E-state index in [1.54, 1.807) is 6.92 Å². The van der Waals surface area contributed by atoms with E-state index in [0.717, 1.165) is 6.07 Å². The van der Waals surface area contributed by atoms with E-state index < -0.39 is 17.6 Å². The van der Waals surface area contributed by atoms with Gasteiger partial charge in [-0.05, 0) is 18.1 Å². The van der Waals surface area contributed by atoms with E-state index in [9.17, 15) is 14.0 Å². The van der Waals surface area contributed by atoms with Crippen molar-refractivity contribution in [2.75, 3.05) is 19.7 Å². The molecule has 0 heterocycles. The molecule has 1 aromatic carbocycles. The summed E-state index contributed by atoms with van der Waals surface area (Å²) in [7, 11) is 0. The molecule has 0 radical (unpaired) electrons. The first-order valence-electron chi connectivity index (χ1n) is 6.05. The predicted octanol–water partition coefficient (Wildman–Crippen LogP) is 0.953. The molecule has 1 unspecified atom stereocenters. The molecule has 0 fully saturated rings. The van der Waals surface area contributed by atoms with Gasteiger partial charge in [-0.2, -0.15) is 0 Å². The zero-order valence-electron chi connectivity index (χ0n) is 11.0. The monoisotopic (exact) mass is 302 g/mol.